The first kappa shape index (κ1) is 25.5. The zero-order chi connectivity index (χ0) is 26.1. The highest BCUT2D eigenvalue weighted by Crippen LogP contribution is 2.39. The van der Waals surface area contributed by atoms with Gasteiger partial charge < -0.3 is 20.0 Å². The smallest absolute Gasteiger partial charge is 0.254 e. The summed E-state index contributed by atoms with van der Waals surface area (Å²) in [5.41, 5.74) is 2.36. The SMILES string of the molecule is CC(C)N1CCN(C(=O)c2cccc(Nc3ccc4c(n3)N(C3CCCCC3)[C@H](C)C(=O)N4C)c2)CC1. The van der Waals surface area contributed by atoms with E-state index in [1.807, 2.05) is 55.3 Å². The Balaban J connectivity index is 1.35. The van der Waals surface area contributed by atoms with Crippen molar-refractivity contribution in [3.63, 3.8) is 0 Å². The molecule has 1 aromatic heterocycles. The van der Waals surface area contributed by atoms with Gasteiger partial charge in [0, 0.05) is 56.6 Å². The molecule has 1 saturated heterocycles. The zero-order valence-corrected chi connectivity index (χ0v) is 22.6. The Labute approximate surface area is 220 Å². The topological polar surface area (TPSA) is 72.0 Å². The maximum atomic E-state index is 13.2. The number of rotatable bonds is 5. The maximum Gasteiger partial charge on any atom is 0.254 e. The van der Waals surface area contributed by atoms with Crippen LogP contribution in [0.1, 0.15) is 63.2 Å². The molecule has 0 bridgehead atoms. The lowest BCUT2D eigenvalue weighted by Crippen LogP contribution is -2.55. The van der Waals surface area contributed by atoms with E-state index < -0.39 is 0 Å². The summed E-state index contributed by atoms with van der Waals surface area (Å²) >= 11 is 0. The van der Waals surface area contributed by atoms with Crippen LogP contribution in [0.3, 0.4) is 0 Å². The number of aromatic nitrogens is 1. The Morgan fingerprint density at radius 1 is 1.03 bits per heavy atom. The van der Waals surface area contributed by atoms with E-state index in [9.17, 15) is 9.59 Å². The third-order valence-corrected chi connectivity index (χ3v) is 8.25. The number of anilines is 4. The van der Waals surface area contributed by atoms with Crippen molar-refractivity contribution in [2.45, 2.75) is 71.0 Å². The molecule has 8 nitrogen and oxygen atoms in total. The minimum atomic E-state index is -0.236. The first-order chi connectivity index (χ1) is 17.8. The summed E-state index contributed by atoms with van der Waals surface area (Å²) in [7, 11) is 1.83. The van der Waals surface area contributed by atoms with Gasteiger partial charge >= 0.3 is 0 Å². The van der Waals surface area contributed by atoms with Crippen LogP contribution in [-0.4, -0.2) is 78.0 Å². The van der Waals surface area contributed by atoms with E-state index in [4.69, 9.17) is 4.98 Å². The van der Waals surface area contributed by atoms with E-state index in [2.05, 4.69) is 29.0 Å². The third-order valence-electron chi connectivity index (χ3n) is 8.25. The highest BCUT2D eigenvalue weighted by atomic mass is 16.2. The average Bonchev–Trinajstić information content (AvgIpc) is 2.92. The molecule has 1 aromatic carbocycles. The zero-order valence-electron chi connectivity index (χ0n) is 22.6. The van der Waals surface area contributed by atoms with Crippen molar-refractivity contribution >= 4 is 34.8 Å². The van der Waals surface area contributed by atoms with Gasteiger partial charge in [0.05, 0.1) is 5.69 Å². The van der Waals surface area contributed by atoms with E-state index >= 15 is 0 Å². The molecule has 0 unspecified atom stereocenters. The number of nitrogens with one attached hydrogen (secondary N) is 1. The highest BCUT2D eigenvalue weighted by Gasteiger charge is 2.39. The van der Waals surface area contributed by atoms with Crippen molar-refractivity contribution in [2.24, 2.45) is 0 Å². The number of fused-ring (bicyclic) bond motifs is 1. The third kappa shape index (κ3) is 5.17. The Hall–Kier alpha value is -3.13. The number of carbonyl (C=O) groups is 2. The van der Waals surface area contributed by atoms with E-state index in [1.54, 1.807) is 4.90 Å². The van der Waals surface area contributed by atoms with E-state index in [-0.39, 0.29) is 17.9 Å². The fourth-order valence-corrected chi connectivity index (χ4v) is 6.01. The van der Waals surface area contributed by atoms with Gasteiger partial charge in [0.15, 0.2) is 5.82 Å². The largest absolute Gasteiger partial charge is 0.340 e. The lowest BCUT2D eigenvalue weighted by Gasteiger charge is -2.44. The summed E-state index contributed by atoms with van der Waals surface area (Å²) in [6.07, 6.45) is 5.83. The first-order valence-corrected chi connectivity index (χ1v) is 13.8. The van der Waals surface area contributed by atoms with Crippen LogP contribution >= 0.6 is 0 Å². The number of amides is 2. The molecule has 2 aliphatic heterocycles. The molecule has 5 rings (SSSR count). The van der Waals surface area contributed by atoms with Gasteiger partial charge in [0.25, 0.3) is 5.91 Å². The van der Waals surface area contributed by atoms with Crippen LogP contribution in [0.25, 0.3) is 0 Å². The van der Waals surface area contributed by atoms with Crippen molar-refractivity contribution < 1.29 is 9.59 Å². The number of hydrogen-bond acceptors (Lipinski definition) is 6. The molecule has 3 aliphatic rings. The summed E-state index contributed by atoms with van der Waals surface area (Å²) in [4.78, 5) is 39.6. The number of pyridine rings is 1. The van der Waals surface area contributed by atoms with Crippen LogP contribution in [0.15, 0.2) is 36.4 Å². The standard InChI is InChI=1S/C29H40N6O2/c1-20(2)33-15-17-34(18-16-33)29(37)22-9-8-10-23(19-22)30-26-14-13-25-27(31-26)35(21(3)28(36)32(25)4)24-11-6-5-7-12-24/h8-10,13-14,19-21,24H,5-7,11-12,15-18H2,1-4H3,(H,30,31)/t21-/m1/s1. The minimum absolute atomic E-state index is 0.0721. The molecular weight excluding hydrogens is 464 g/mol. The number of benzene rings is 1. The summed E-state index contributed by atoms with van der Waals surface area (Å²) in [5, 5.41) is 3.42. The molecular formula is C29H40N6O2. The number of hydrogen-bond donors (Lipinski definition) is 1. The molecule has 1 aliphatic carbocycles. The maximum absolute atomic E-state index is 13.2. The minimum Gasteiger partial charge on any atom is -0.340 e. The fraction of sp³-hybridized carbons (Fsp3) is 0.552. The Morgan fingerprint density at radius 3 is 2.46 bits per heavy atom. The van der Waals surface area contributed by atoms with Gasteiger partial charge in [-0.3, -0.25) is 14.5 Å². The molecule has 0 spiro atoms. The van der Waals surface area contributed by atoms with Crippen molar-refractivity contribution in [2.75, 3.05) is 48.3 Å². The summed E-state index contributed by atoms with van der Waals surface area (Å²) in [5.74, 6) is 1.76. The lowest BCUT2D eigenvalue weighted by molar-refractivity contribution is -0.119. The molecule has 2 fully saturated rings. The second kappa shape index (κ2) is 10.7. The predicted octanol–water partition coefficient (Wildman–Crippen LogP) is 4.50. The van der Waals surface area contributed by atoms with Gasteiger partial charge in [-0.2, -0.15) is 0 Å². The molecule has 1 atom stereocenters. The van der Waals surface area contributed by atoms with Crippen LogP contribution in [0.5, 0.6) is 0 Å². The molecule has 0 radical (unpaired) electrons. The second-order valence-corrected chi connectivity index (χ2v) is 10.9. The van der Waals surface area contributed by atoms with Crippen molar-refractivity contribution in [3.05, 3.63) is 42.0 Å². The number of piperazine rings is 1. The predicted molar refractivity (Wildman–Crippen MR) is 149 cm³/mol. The quantitative estimate of drug-likeness (QED) is 0.647. The van der Waals surface area contributed by atoms with Crippen molar-refractivity contribution in [1.82, 2.24) is 14.8 Å². The molecule has 2 amide bonds. The van der Waals surface area contributed by atoms with Crippen LogP contribution < -0.4 is 15.1 Å². The number of likely N-dealkylation sites (N-methyl/N-ethyl adjacent to an activating group) is 1. The fourth-order valence-electron chi connectivity index (χ4n) is 6.01. The van der Waals surface area contributed by atoms with E-state index in [1.165, 1.54) is 19.3 Å². The monoisotopic (exact) mass is 504 g/mol. The molecule has 198 valence electrons. The molecule has 2 aromatic rings. The average molecular weight is 505 g/mol. The van der Waals surface area contributed by atoms with Gasteiger partial charge in [0.2, 0.25) is 5.91 Å². The van der Waals surface area contributed by atoms with Crippen LogP contribution in [0.4, 0.5) is 23.0 Å². The summed E-state index contributed by atoms with van der Waals surface area (Å²) in [6, 6.07) is 12.2. The first-order valence-electron chi connectivity index (χ1n) is 13.8. The Morgan fingerprint density at radius 2 is 1.76 bits per heavy atom. The Bertz CT molecular complexity index is 1140. The van der Waals surface area contributed by atoms with Crippen molar-refractivity contribution in [3.8, 4) is 0 Å². The number of carbonyl (C=O) groups excluding carboxylic acids is 2. The van der Waals surface area contributed by atoms with Gasteiger partial charge in [-0.1, -0.05) is 25.3 Å². The molecule has 3 heterocycles. The van der Waals surface area contributed by atoms with Crippen LogP contribution in [0.2, 0.25) is 0 Å². The summed E-state index contributed by atoms with van der Waals surface area (Å²) < 4.78 is 0. The normalized spacial score (nSPS) is 21.4. The van der Waals surface area contributed by atoms with E-state index in [0.29, 0.717) is 23.5 Å². The van der Waals surface area contributed by atoms with Gasteiger partial charge in [-0.15, -0.1) is 0 Å². The second-order valence-electron chi connectivity index (χ2n) is 10.9. The summed E-state index contributed by atoms with van der Waals surface area (Å²) in [6.45, 7) is 9.72. The molecule has 8 heteroatoms. The number of nitrogens with zero attached hydrogens (tertiary/aromatic N) is 5. The lowest BCUT2D eigenvalue weighted by atomic mass is 9.92. The van der Waals surface area contributed by atoms with Crippen LogP contribution in [0, 0.1) is 0 Å². The molecule has 37 heavy (non-hydrogen) atoms. The van der Waals surface area contributed by atoms with Crippen molar-refractivity contribution in [1.29, 1.82) is 0 Å². The molecule has 1 saturated carbocycles. The molecule has 1 N–H and O–H groups in total. The van der Waals surface area contributed by atoms with E-state index in [0.717, 1.165) is 56.2 Å². The van der Waals surface area contributed by atoms with Gasteiger partial charge in [0.1, 0.15) is 11.9 Å². The van der Waals surface area contributed by atoms with Gasteiger partial charge in [-0.25, -0.2) is 4.98 Å². The van der Waals surface area contributed by atoms with Gasteiger partial charge in [-0.05, 0) is 63.9 Å². The van der Waals surface area contributed by atoms with Crippen LogP contribution in [-0.2, 0) is 4.79 Å². The highest BCUT2D eigenvalue weighted by molar-refractivity contribution is 6.04. The Kier molecular flexibility index (Phi) is 7.38.